The Kier molecular flexibility index (Phi) is 7.19. The maximum atomic E-state index is 13.4. The minimum absolute atomic E-state index is 0.186. The molecule has 6 heteroatoms. The largest absolute Gasteiger partial charge is 0.389 e. The average molecular weight is 322 g/mol. The highest BCUT2D eigenvalue weighted by Gasteiger charge is 2.07. The predicted molar refractivity (Wildman–Crippen MR) is 71.3 cm³/mol. The number of halogens is 2. The van der Waals surface area contributed by atoms with Crippen molar-refractivity contribution in [3.8, 4) is 0 Å². The summed E-state index contributed by atoms with van der Waals surface area (Å²) in [5, 5.41) is 12.4. The van der Waals surface area contributed by atoms with Crippen molar-refractivity contribution in [3.05, 3.63) is 28.5 Å². The van der Waals surface area contributed by atoms with Gasteiger partial charge in [-0.15, -0.1) is 0 Å². The second-order valence-electron chi connectivity index (χ2n) is 3.73. The van der Waals surface area contributed by atoms with Crippen molar-refractivity contribution in [1.82, 2.24) is 0 Å². The summed E-state index contributed by atoms with van der Waals surface area (Å²) in [6, 6.07) is 4.59. The van der Waals surface area contributed by atoms with E-state index >= 15 is 0 Å². The zero-order valence-corrected chi connectivity index (χ0v) is 11.7. The van der Waals surface area contributed by atoms with Crippen molar-refractivity contribution < 1.29 is 19.0 Å². The number of aliphatic hydroxyl groups is 1. The molecule has 0 aliphatic carbocycles. The van der Waals surface area contributed by atoms with Crippen molar-refractivity contribution in [2.24, 2.45) is 0 Å². The first-order valence-corrected chi connectivity index (χ1v) is 6.36. The Hall–Kier alpha value is -0.690. The number of ether oxygens (including phenoxy) is 2. The number of rotatable bonds is 8. The number of hydrogen-bond acceptors (Lipinski definition) is 4. The Bertz CT molecular complexity index is 365. The molecular formula is C12H17BrFNO3. The molecule has 18 heavy (non-hydrogen) atoms. The molecule has 0 heterocycles. The monoisotopic (exact) mass is 321 g/mol. The molecule has 1 atom stereocenters. The normalized spacial score (nSPS) is 12.4. The second kappa shape index (κ2) is 8.42. The first kappa shape index (κ1) is 15.4. The van der Waals surface area contributed by atoms with Crippen LogP contribution < -0.4 is 5.32 Å². The number of anilines is 1. The van der Waals surface area contributed by atoms with Crippen LogP contribution in [0.3, 0.4) is 0 Å². The van der Waals surface area contributed by atoms with Crippen LogP contribution in [-0.2, 0) is 9.47 Å². The van der Waals surface area contributed by atoms with E-state index in [1.54, 1.807) is 19.2 Å². The number of nitrogens with one attached hydrogen (secondary N) is 1. The standard InChI is InChI=1S/C12H17BrFNO3/c1-17-4-5-18-8-10(16)7-15-12-6-9(13)2-3-11(12)14/h2-3,6,10,15-16H,4-5,7-8H2,1H3. The van der Waals surface area contributed by atoms with Gasteiger partial charge in [0.1, 0.15) is 5.82 Å². The average Bonchev–Trinajstić information content (AvgIpc) is 2.36. The molecule has 1 aromatic carbocycles. The Morgan fingerprint density at radius 3 is 2.94 bits per heavy atom. The van der Waals surface area contributed by atoms with Gasteiger partial charge in [0, 0.05) is 18.1 Å². The maximum Gasteiger partial charge on any atom is 0.146 e. The lowest BCUT2D eigenvalue weighted by molar-refractivity contribution is 0.0182. The van der Waals surface area contributed by atoms with E-state index in [4.69, 9.17) is 9.47 Å². The van der Waals surface area contributed by atoms with Gasteiger partial charge < -0.3 is 19.9 Å². The summed E-state index contributed by atoms with van der Waals surface area (Å²) in [5.41, 5.74) is 0.348. The molecule has 0 aliphatic heterocycles. The fraction of sp³-hybridized carbons (Fsp3) is 0.500. The predicted octanol–water partition coefficient (Wildman–Crippen LogP) is 2.02. The first-order chi connectivity index (χ1) is 8.63. The highest BCUT2D eigenvalue weighted by Crippen LogP contribution is 2.19. The lowest BCUT2D eigenvalue weighted by atomic mass is 10.3. The van der Waals surface area contributed by atoms with Crippen molar-refractivity contribution in [2.45, 2.75) is 6.10 Å². The Morgan fingerprint density at radius 2 is 2.22 bits per heavy atom. The van der Waals surface area contributed by atoms with Crippen molar-refractivity contribution >= 4 is 21.6 Å². The molecular weight excluding hydrogens is 305 g/mol. The molecule has 0 aliphatic rings. The molecule has 2 N–H and O–H groups in total. The van der Waals surface area contributed by atoms with Crippen LogP contribution in [0.1, 0.15) is 0 Å². The fourth-order valence-corrected chi connectivity index (χ4v) is 1.64. The molecule has 0 bridgehead atoms. The van der Waals surface area contributed by atoms with Crippen LogP contribution in [-0.4, -0.2) is 44.7 Å². The molecule has 0 spiro atoms. The van der Waals surface area contributed by atoms with Gasteiger partial charge in [-0.1, -0.05) is 15.9 Å². The van der Waals surface area contributed by atoms with Gasteiger partial charge in [0.2, 0.25) is 0 Å². The maximum absolute atomic E-state index is 13.4. The van der Waals surface area contributed by atoms with Crippen molar-refractivity contribution in [3.63, 3.8) is 0 Å². The van der Waals surface area contributed by atoms with Crippen LogP contribution in [0.4, 0.5) is 10.1 Å². The molecule has 0 fully saturated rings. The lowest BCUT2D eigenvalue weighted by Gasteiger charge is -2.13. The first-order valence-electron chi connectivity index (χ1n) is 5.57. The second-order valence-corrected chi connectivity index (χ2v) is 4.64. The summed E-state index contributed by atoms with van der Waals surface area (Å²) in [6.45, 7) is 1.32. The van der Waals surface area contributed by atoms with Crippen LogP contribution in [0.15, 0.2) is 22.7 Å². The molecule has 0 saturated carbocycles. The third-order valence-corrected chi connectivity index (χ3v) is 2.69. The molecule has 0 radical (unpaired) electrons. The van der Waals surface area contributed by atoms with E-state index in [-0.39, 0.29) is 19.0 Å². The SMILES string of the molecule is COCCOCC(O)CNc1cc(Br)ccc1F. The molecule has 1 unspecified atom stereocenters. The zero-order valence-electron chi connectivity index (χ0n) is 10.2. The van der Waals surface area contributed by atoms with Gasteiger partial charge in [0.05, 0.1) is 31.6 Å². The van der Waals surface area contributed by atoms with E-state index in [2.05, 4.69) is 21.2 Å². The van der Waals surface area contributed by atoms with E-state index in [9.17, 15) is 9.50 Å². The zero-order chi connectivity index (χ0) is 13.4. The molecule has 102 valence electrons. The summed E-state index contributed by atoms with van der Waals surface area (Å²) in [6.07, 6.45) is -0.694. The molecule has 1 rings (SSSR count). The van der Waals surface area contributed by atoms with Gasteiger partial charge in [-0.05, 0) is 18.2 Å². The summed E-state index contributed by atoms with van der Waals surface area (Å²) >= 11 is 3.25. The van der Waals surface area contributed by atoms with Gasteiger partial charge in [-0.2, -0.15) is 0 Å². The van der Waals surface area contributed by atoms with Crippen LogP contribution in [0, 0.1) is 5.82 Å². The van der Waals surface area contributed by atoms with E-state index < -0.39 is 6.10 Å². The molecule has 0 amide bonds. The third kappa shape index (κ3) is 5.77. The highest BCUT2D eigenvalue weighted by molar-refractivity contribution is 9.10. The van der Waals surface area contributed by atoms with E-state index in [1.165, 1.54) is 6.07 Å². The van der Waals surface area contributed by atoms with E-state index in [0.29, 0.717) is 18.9 Å². The summed E-state index contributed by atoms with van der Waals surface area (Å²) in [5.74, 6) is -0.356. The number of methoxy groups -OCH3 is 1. The van der Waals surface area contributed by atoms with E-state index in [1.807, 2.05) is 0 Å². The van der Waals surface area contributed by atoms with Gasteiger partial charge in [0.25, 0.3) is 0 Å². The van der Waals surface area contributed by atoms with Crippen LogP contribution in [0.25, 0.3) is 0 Å². The van der Waals surface area contributed by atoms with Crippen molar-refractivity contribution in [1.29, 1.82) is 0 Å². The number of hydrogen-bond donors (Lipinski definition) is 2. The third-order valence-electron chi connectivity index (χ3n) is 2.20. The Labute approximate surface area is 114 Å². The minimum atomic E-state index is -0.694. The van der Waals surface area contributed by atoms with Gasteiger partial charge in [-0.25, -0.2) is 4.39 Å². The topological polar surface area (TPSA) is 50.7 Å². The fourth-order valence-electron chi connectivity index (χ4n) is 1.28. The van der Waals surface area contributed by atoms with Crippen LogP contribution >= 0.6 is 15.9 Å². The molecule has 4 nitrogen and oxygen atoms in total. The molecule has 0 saturated heterocycles. The van der Waals surface area contributed by atoms with Gasteiger partial charge >= 0.3 is 0 Å². The Morgan fingerprint density at radius 1 is 1.44 bits per heavy atom. The minimum Gasteiger partial charge on any atom is -0.389 e. The van der Waals surface area contributed by atoms with Crippen LogP contribution in [0.5, 0.6) is 0 Å². The quantitative estimate of drug-likeness (QED) is 0.719. The van der Waals surface area contributed by atoms with Gasteiger partial charge in [-0.3, -0.25) is 0 Å². The number of aliphatic hydroxyl groups excluding tert-OH is 1. The summed E-state index contributed by atoms with van der Waals surface area (Å²) in [4.78, 5) is 0. The summed E-state index contributed by atoms with van der Waals surface area (Å²) < 4.78 is 24.1. The van der Waals surface area contributed by atoms with Crippen LogP contribution in [0.2, 0.25) is 0 Å². The van der Waals surface area contributed by atoms with E-state index in [0.717, 1.165) is 4.47 Å². The molecule has 0 aromatic heterocycles. The van der Waals surface area contributed by atoms with Gasteiger partial charge in [0.15, 0.2) is 0 Å². The number of benzene rings is 1. The summed E-state index contributed by atoms with van der Waals surface area (Å²) in [7, 11) is 1.58. The smallest absolute Gasteiger partial charge is 0.146 e. The Balaban J connectivity index is 2.29. The highest BCUT2D eigenvalue weighted by atomic mass is 79.9. The lowest BCUT2D eigenvalue weighted by Crippen LogP contribution is -2.25. The molecule has 1 aromatic rings. The van der Waals surface area contributed by atoms with Crippen molar-refractivity contribution in [2.75, 3.05) is 38.8 Å².